The molecule has 0 fully saturated rings. The monoisotopic (exact) mass is 294 g/mol. The van der Waals surface area contributed by atoms with Crippen molar-refractivity contribution >= 4 is 0 Å². The van der Waals surface area contributed by atoms with Crippen LogP contribution in [0.15, 0.2) is 24.3 Å². The molecule has 0 saturated heterocycles. The molecule has 0 saturated carbocycles. The van der Waals surface area contributed by atoms with Crippen molar-refractivity contribution < 1.29 is 4.39 Å². The third-order valence-corrected chi connectivity index (χ3v) is 4.30. The summed E-state index contributed by atoms with van der Waals surface area (Å²) in [4.78, 5) is 2.27. The normalized spacial score (nSPS) is 16.0. The highest BCUT2D eigenvalue weighted by molar-refractivity contribution is 5.20. The van der Waals surface area contributed by atoms with Crippen molar-refractivity contribution in [3.05, 3.63) is 35.6 Å². The third kappa shape index (κ3) is 5.40. The first-order chi connectivity index (χ1) is 9.93. The van der Waals surface area contributed by atoms with Crippen LogP contribution in [0.3, 0.4) is 0 Å². The molecule has 0 radical (unpaired) electrons. The summed E-state index contributed by atoms with van der Waals surface area (Å²) in [7, 11) is 2.09. The summed E-state index contributed by atoms with van der Waals surface area (Å²) < 4.78 is 13.9. The van der Waals surface area contributed by atoms with E-state index in [-0.39, 0.29) is 17.3 Å². The number of benzene rings is 1. The lowest BCUT2D eigenvalue weighted by Crippen LogP contribution is -2.41. The van der Waals surface area contributed by atoms with Gasteiger partial charge >= 0.3 is 0 Å². The lowest BCUT2D eigenvalue weighted by atomic mass is 9.84. The lowest BCUT2D eigenvalue weighted by Gasteiger charge is -2.37. The van der Waals surface area contributed by atoms with Gasteiger partial charge in [0, 0.05) is 24.7 Å². The minimum absolute atomic E-state index is 0.0870. The van der Waals surface area contributed by atoms with Crippen molar-refractivity contribution in [1.82, 2.24) is 10.2 Å². The molecule has 0 aromatic heterocycles. The zero-order valence-electron chi connectivity index (χ0n) is 14.2. The van der Waals surface area contributed by atoms with E-state index in [1.165, 1.54) is 12.8 Å². The highest BCUT2D eigenvalue weighted by Crippen LogP contribution is 2.28. The van der Waals surface area contributed by atoms with Gasteiger partial charge in [0.05, 0.1) is 0 Å². The minimum Gasteiger partial charge on any atom is -0.316 e. The van der Waals surface area contributed by atoms with E-state index in [1.54, 1.807) is 12.1 Å². The summed E-state index contributed by atoms with van der Waals surface area (Å²) in [6, 6.07) is 7.18. The van der Waals surface area contributed by atoms with Crippen LogP contribution >= 0.6 is 0 Å². The average molecular weight is 294 g/mol. The largest absolute Gasteiger partial charge is 0.316 e. The Morgan fingerprint density at radius 1 is 1.29 bits per heavy atom. The number of hydrogen-bond acceptors (Lipinski definition) is 2. The number of nitrogens with one attached hydrogen (secondary N) is 1. The maximum atomic E-state index is 13.9. The molecule has 2 atom stereocenters. The van der Waals surface area contributed by atoms with Gasteiger partial charge in [-0.3, -0.25) is 4.90 Å². The molecular formula is C18H31FN2. The van der Waals surface area contributed by atoms with Gasteiger partial charge in [0.1, 0.15) is 5.82 Å². The van der Waals surface area contributed by atoms with E-state index < -0.39 is 0 Å². The summed E-state index contributed by atoms with van der Waals surface area (Å²) in [6.45, 7) is 11.7. The minimum atomic E-state index is -0.110. The van der Waals surface area contributed by atoms with Gasteiger partial charge in [-0.25, -0.2) is 4.39 Å². The van der Waals surface area contributed by atoms with Crippen molar-refractivity contribution in [2.45, 2.75) is 46.6 Å². The summed E-state index contributed by atoms with van der Waals surface area (Å²) >= 11 is 0. The topological polar surface area (TPSA) is 15.3 Å². The standard InChI is InChI=1S/C18H31FN2/c1-6-12-18(4,13-20-7-2)14-21(5)15(3)16-10-8-9-11-17(16)19/h8-11,15,20H,6-7,12-14H2,1-5H3. The maximum Gasteiger partial charge on any atom is 0.127 e. The Labute approximate surface area is 129 Å². The molecule has 0 amide bonds. The molecule has 0 heterocycles. The van der Waals surface area contributed by atoms with E-state index in [0.717, 1.165) is 25.2 Å². The molecule has 0 bridgehead atoms. The van der Waals surface area contributed by atoms with Crippen LogP contribution in [0.25, 0.3) is 0 Å². The van der Waals surface area contributed by atoms with Crippen LogP contribution < -0.4 is 5.32 Å². The quantitative estimate of drug-likeness (QED) is 0.733. The van der Waals surface area contributed by atoms with Gasteiger partial charge in [-0.2, -0.15) is 0 Å². The van der Waals surface area contributed by atoms with Gasteiger partial charge in [0.25, 0.3) is 0 Å². The Morgan fingerprint density at radius 3 is 2.52 bits per heavy atom. The maximum absolute atomic E-state index is 13.9. The van der Waals surface area contributed by atoms with Gasteiger partial charge in [0.15, 0.2) is 0 Å². The summed E-state index contributed by atoms with van der Waals surface area (Å²) in [5.74, 6) is -0.110. The van der Waals surface area contributed by atoms with Crippen LogP contribution in [0.4, 0.5) is 4.39 Å². The van der Waals surface area contributed by atoms with E-state index in [9.17, 15) is 4.39 Å². The Morgan fingerprint density at radius 2 is 1.95 bits per heavy atom. The average Bonchev–Trinajstić information content (AvgIpc) is 2.45. The van der Waals surface area contributed by atoms with Crippen molar-refractivity contribution in [3.8, 4) is 0 Å². The fraction of sp³-hybridized carbons (Fsp3) is 0.667. The van der Waals surface area contributed by atoms with Crippen LogP contribution in [0, 0.1) is 11.2 Å². The van der Waals surface area contributed by atoms with Crippen LogP contribution in [-0.4, -0.2) is 31.6 Å². The Hall–Kier alpha value is -0.930. The highest BCUT2D eigenvalue weighted by Gasteiger charge is 2.27. The zero-order valence-corrected chi connectivity index (χ0v) is 14.2. The molecule has 2 nitrogen and oxygen atoms in total. The molecule has 120 valence electrons. The molecule has 1 rings (SSSR count). The number of halogens is 1. The molecule has 2 unspecified atom stereocenters. The first-order valence-electron chi connectivity index (χ1n) is 8.09. The second kappa shape index (κ2) is 8.50. The first-order valence-corrected chi connectivity index (χ1v) is 8.09. The molecule has 0 spiro atoms. The fourth-order valence-corrected chi connectivity index (χ4v) is 3.04. The molecule has 21 heavy (non-hydrogen) atoms. The number of hydrogen-bond donors (Lipinski definition) is 1. The predicted molar refractivity (Wildman–Crippen MR) is 89.0 cm³/mol. The van der Waals surface area contributed by atoms with Crippen molar-refractivity contribution in [2.24, 2.45) is 5.41 Å². The van der Waals surface area contributed by atoms with E-state index in [2.05, 4.69) is 45.0 Å². The van der Waals surface area contributed by atoms with Crippen LogP contribution in [0.2, 0.25) is 0 Å². The fourth-order valence-electron chi connectivity index (χ4n) is 3.04. The Kier molecular flexibility index (Phi) is 7.33. The number of rotatable bonds is 9. The Balaban J connectivity index is 2.76. The van der Waals surface area contributed by atoms with Gasteiger partial charge in [-0.05, 0) is 38.4 Å². The summed E-state index contributed by atoms with van der Waals surface area (Å²) in [5.41, 5.74) is 1.00. The SMILES string of the molecule is CCCC(C)(CNCC)CN(C)C(C)c1ccccc1F. The molecule has 0 aliphatic carbocycles. The third-order valence-electron chi connectivity index (χ3n) is 4.30. The molecule has 1 aromatic rings. The van der Waals surface area contributed by atoms with Crippen LogP contribution in [-0.2, 0) is 0 Å². The summed E-state index contributed by atoms with van der Waals surface area (Å²) in [5, 5.41) is 3.47. The van der Waals surface area contributed by atoms with Crippen molar-refractivity contribution in [1.29, 1.82) is 0 Å². The lowest BCUT2D eigenvalue weighted by molar-refractivity contribution is 0.141. The van der Waals surface area contributed by atoms with Crippen LogP contribution in [0.5, 0.6) is 0 Å². The molecule has 1 aromatic carbocycles. The first kappa shape index (κ1) is 18.1. The van der Waals surface area contributed by atoms with Gasteiger partial charge in [-0.15, -0.1) is 0 Å². The van der Waals surface area contributed by atoms with Crippen molar-refractivity contribution in [2.75, 3.05) is 26.7 Å². The van der Waals surface area contributed by atoms with Gasteiger partial charge < -0.3 is 5.32 Å². The zero-order chi connectivity index (χ0) is 15.9. The Bertz CT molecular complexity index is 421. The molecule has 0 aliphatic rings. The summed E-state index contributed by atoms with van der Waals surface area (Å²) in [6.07, 6.45) is 2.35. The van der Waals surface area contributed by atoms with E-state index in [1.807, 2.05) is 12.1 Å². The van der Waals surface area contributed by atoms with E-state index >= 15 is 0 Å². The smallest absolute Gasteiger partial charge is 0.127 e. The van der Waals surface area contributed by atoms with E-state index in [4.69, 9.17) is 0 Å². The second-order valence-corrected chi connectivity index (χ2v) is 6.45. The molecule has 3 heteroatoms. The predicted octanol–water partition coefficient (Wildman–Crippen LogP) is 4.23. The number of nitrogens with zero attached hydrogens (tertiary/aromatic N) is 1. The van der Waals surface area contributed by atoms with E-state index in [0.29, 0.717) is 0 Å². The molecule has 0 aliphatic heterocycles. The van der Waals surface area contributed by atoms with Crippen LogP contribution in [0.1, 0.15) is 52.1 Å². The van der Waals surface area contributed by atoms with Gasteiger partial charge in [0.2, 0.25) is 0 Å². The van der Waals surface area contributed by atoms with Gasteiger partial charge in [-0.1, -0.05) is 45.4 Å². The molecular weight excluding hydrogens is 263 g/mol. The second-order valence-electron chi connectivity index (χ2n) is 6.45. The highest BCUT2D eigenvalue weighted by atomic mass is 19.1. The molecule has 1 N–H and O–H groups in total. The van der Waals surface area contributed by atoms with Crippen molar-refractivity contribution in [3.63, 3.8) is 0 Å².